The van der Waals surface area contributed by atoms with Crippen molar-refractivity contribution in [1.29, 1.82) is 0 Å². The maximum absolute atomic E-state index is 11.4. The lowest BCUT2D eigenvalue weighted by molar-refractivity contribution is 0.0706. The molecule has 1 aromatic carbocycles. The highest BCUT2D eigenvalue weighted by Crippen LogP contribution is 2.34. The fraction of sp³-hybridized carbons (Fsp3) is 0.105. The summed E-state index contributed by atoms with van der Waals surface area (Å²) in [6.07, 6.45) is 1.99. The van der Waals surface area contributed by atoms with Crippen molar-refractivity contribution >= 4 is 33.7 Å². The van der Waals surface area contributed by atoms with E-state index in [0.717, 1.165) is 38.4 Å². The molecule has 4 rings (SSSR count). The summed E-state index contributed by atoms with van der Waals surface area (Å²) in [4.78, 5) is 21.9. The average Bonchev–Trinajstić information content (AvgIpc) is 3.19. The summed E-state index contributed by atoms with van der Waals surface area (Å²) < 4.78 is 2.05. The van der Waals surface area contributed by atoms with Crippen molar-refractivity contribution in [3.63, 3.8) is 0 Å². The van der Waals surface area contributed by atoms with Crippen LogP contribution in [0.1, 0.15) is 20.9 Å². The third kappa shape index (κ3) is 3.16. The standard InChI is InChI=1S/C19H17N5O2S/c1-11-17(24-10-4-3-5-15(24)20-11)16-12(2)27-19(22-16)21-14-8-6-13(7-9-14)18(25)23-26/h3-10,26H,1-2H3,(H,21,22)(H,23,25). The Balaban J connectivity index is 1.65. The van der Waals surface area contributed by atoms with E-state index in [0.29, 0.717) is 5.56 Å². The number of rotatable bonds is 4. The van der Waals surface area contributed by atoms with Gasteiger partial charge in [0.05, 0.1) is 11.4 Å². The lowest BCUT2D eigenvalue weighted by atomic mass is 10.2. The molecule has 136 valence electrons. The topological polar surface area (TPSA) is 91.5 Å². The molecule has 0 saturated carbocycles. The van der Waals surface area contributed by atoms with Crippen LogP contribution in [0.15, 0.2) is 48.7 Å². The maximum atomic E-state index is 11.4. The fourth-order valence-corrected chi connectivity index (χ4v) is 3.80. The highest BCUT2D eigenvalue weighted by Gasteiger charge is 2.17. The minimum Gasteiger partial charge on any atom is -0.332 e. The number of hydroxylamine groups is 1. The van der Waals surface area contributed by atoms with E-state index in [-0.39, 0.29) is 0 Å². The van der Waals surface area contributed by atoms with Gasteiger partial charge in [-0.05, 0) is 50.2 Å². The number of nitrogens with zero attached hydrogens (tertiary/aromatic N) is 3. The van der Waals surface area contributed by atoms with Gasteiger partial charge in [0.25, 0.3) is 5.91 Å². The number of nitrogens with one attached hydrogen (secondary N) is 2. The summed E-state index contributed by atoms with van der Waals surface area (Å²) in [7, 11) is 0. The fourth-order valence-electron chi connectivity index (χ4n) is 2.96. The summed E-state index contributed by atoms with van der Waals surface area (Å²) in [5.41, 5.74) is 6.51. The van der Waals surface area contributed by atoms with Gasteiger partial charge in [0, 0.05) is 22.3 Å². The number of aromatic nitrogens is 3. The zero-order valence-electron chi connectivity index (χ0n) is 14.7. The minimum atomic E-state index is -0.544. The first-order chi connectivity index (χ1) is 13.1. The predicted molar refractivity (Wildman–Crippen MR) is 105 cm³/mol. The monoisotopic (exact) mass is 379 g/mol. The molecule has 0 fully saturated rings. The number of amides is 1. The third-order valence-corrected chi connectivity index (χ3v) is 5.11. The lowest BCUT2D eigenvalue weighted by Gasteiger charge is -2.04. The Kier molecular flexibility index (Phi) is 4.35. The van der Waals surface area contributed by atoms with Crippen LogP contribution >= 0.6 is 11.3 Å². The van der Waals surface area contributed by atoms with Crippen molar-refractivity contribution in [2.45, 2.75) is 13.8 Å². The first-order valence-electron chi connectivity index (χ1n) is 8.30. The number of hydrogen-bond acceptors (Lipinski definition) is 6. The normalized spacial score (nSPS) is 10.9. The van der Waals surface area contributed by atoms with Gasteiger partial charge >= 0.3 is 0 Å². The molecule has 0 aliphatic heterocycles. The Morgan fingerprint density at radius 1 is 1.11 bits per heavy atom. The minimum absolute atomic E-state index is 0.375. The molecule has 0 radical (unpaired) electrons. The Hall–Kier alpha value is -3.23. The van der Waals surface area contributed by atoms with E-state index in [1.54, 1.807) is 41.1 Å². The predicted octanol–water partition coefficient (Wildman–Crippen LogP) is 3.94. The number of thiazole rings is 1. The Labute approximate surface area is 159 Å². The quantitative estimate of drug-likeness (QED) is 0.369. The smallest absolute Gasteiger partial charge is 0.274 e. The molecule has 8 heteroatoms. The van der Waals surface area contributed by atoms with Crippen molar-refractivity contribution in [1.82, 2.24) is 19.8 Å². The molecular weight excluding hydrogens is 362 g/mol. The van der Waals surface area contributed by atoms with E-state index in [4.69, 9.17) is 10.2 Å². The van der Waals surface area contributed by atoms with Gasteiger partial charge in [0.1, 0.15) is 11.3 Å². The van der Waals surface area contributed by atoms with Crippen LogP contribution in [0.4, 0.5) is 10.8 Å². The van der Waals surface area contributed by atoms with Crippen LogP contribution in [0, 0.1) is 13.8 Å². The first-order valence-corrected chi connectivity index (χ1v) is 9.11. The van der Waals surface area contributed by atoms with Crippen LogP contribution in [0.5, 0.6) is 0 Å². The highest BCUT2D eigenvalue weighted by atomic mass is 32.1. The van der Waals surface area contributed by atoms with Gasteiger partial charge in [-0.3, -0.25) is 14.4 Å². The zero-order valence-corrected chi connectivity index (χ0v) is 15.5. The van der Waals surface area contributed by atoms with Crippen molar-refractivity contribution in [3.8, 4) is 11.4 Å². The van der Waals surface area contributed by atoms with Crippen molar-refractivity contribution < 1.29 is 10.0 Å². The third-order valence-electron chi connectivity index (χ3n) is 4.23. The van der Waals surface area contributed by atoms with E-state index >= 15 is 0 Å². The summed E-state index contributed by atoms with van der Waals surface area (Å²) in [6, 6.07) is 12.7. The van der Waals surface area contributed by atoms with Crippen molar-refractivity contribution in [2.75, 3.05) is 5.32 Å². The summed E-state index contributed by atoms with van der Waals surface area (Å²) in [6.45, 7) is 4.02. The summed E-state index contributed by atoms with van der Waals surface area (Å²) in [5, 5.41) is 12.7. The number of fused-ring (bicyclic) bond motifs is 1. The second-order valence-corrected chi connectivity index (χ2v) is 7.24. The van der Waals surface area contributed by atoms with Gasteiger partial charge in [-0.25, -0.2) is 15.4 Å². The average molecular weight is 379 g/mol. The number of hydrogen-bond donors (Lipinski definition) is 3. The molecule has 3 N–H and O–H groups in total. The SMILES string of the molecule is Cc1nc2ccccn2c1-c1nc(Nc2ccc(C(=O)NO)cc2)sc1C. The molecule has 0 aliphatic rings. The number of aryl methyl sites for hydroxylation is 2. The molecule has 3 aromatic heterocycles. The van der Waals surface area contributed by atoms with E-state index in [2.05, 4.69) is 10.3 Å². The van der Waals surface area contributed by atoms with E-state index in [1.807, 2.05) is 42.6 Å². The van der Waals surface area contributed by atoms with Gasteiger partial charge in [-0.2, -0.15) is 0 Å². The van der Waals surface area contributed by atoms with Gasteiger partial charge in [-0.1, -0.05) is 6.07 Å². The van der Waals surface area contributed by atoms with Crippen molar-refractivity contribution in [3.05, 3.63) is 64.8 Å². The van der Waals surface area contributed by atoms with Crippen LogP contribution in [0.25, 0.3) is 17.0 Å². The van der Waals surface area contributed by atoms with Crippen LogP contribution in [-0.2, 0) is 0 Å². The van der Waals surface area contributed by atoms with Gasteiger partial charge in [0.2, 0.25) is 0 Å². The number of carbonyl (C=O) groups is 1. The molecule has 7 nitrogen and oxygen atoms in total. The molecule has 0 spiro atoms. The molecule has 0 aliphatic carbocycles. The molecule has 0 atom stereocenters. The molecule has 1 amide bonds. The summed E-state index contributed by atoms with van der Waals surface area (Å²) in [5.74, 6) is -0.544. The highest BCUT2D eigenvalue weighted by molar-refractivity contribution is 7.16. The Morgan fingerprint density at radius 2 is 1.89 bits per heavy atom. The lowest BCUT2D eigenvalue weighted by Crippen LogP contribution is -2.18. The number of pyridine rings is 1. The maximum Gasteiger partial charge on any atom is 0.274 e. The van der Waals surface area contributed by atoms with Gasteiger partial charge in [0.15, 0.2) is 5.13 Å². The zero-order chi connectivity index (χ0) is 19.0. The van der Waals surface area contributed by atoms with Crippen molar-refractivity contribution in [2.24, 2.45) is 0 Å². The molecule has 0 saturated heterocycles. The summed E-state index contributed by atoms with van der Waals surface area (Å²) >= 11 is 1.56. The second-order valence-electron chi connectivity index (χ2n) is 6.04. The number of imidazole rings is 1. The number of carbonyl (C=O) groups excluding carboxylic acids is 1. The molecule has 3 heterocycles. The van der Waals surface area contributed by atoms with E-state index in [1.165, 1.54) is 0 Å². The van der Waals surface area contributed by atoms with E-state index in [9.17, 15) is 4.79 Å². The molecule has 27 heavy (non-hydrogen) atoms. The van der Waals surface area contributed by atoms with Crippen LogP contribution in [0.3, 0.4) is 0 Å². The molecule has 0 bridgehead atoms. The Bertz CT molecular complexity index is 1130. The number of anilines is 2. The van der Waals surface area contributed by atoms with Gasteiger partial charge in [-0.15, -0.1) is 11.3 Å². The van der Waals surface area contributed by atoms with Gasteiger partial charge < -0.3 is 5.32 Å². The van der Waals surface area contributed by atoms with Crippen LogP contribution < -0.4 is 10.8 Å². The van der Waals surface area contributed by atoms with Crippen LogP contribution in [-0.4, -0.2) is 25.5 Å². The molecule has 0 unspecified atom stereocenters. The molecular formula is C19H17N5O2S. The second kappa shape index (κ2) is 6.82. The molecule has 4 aromatic rings. The van der Waals surface area contributed by atoms with Crippen LogP contribution in [0.2, 0.25) is 0 Å². The number of benzene rings is 1. The largest absolute Gasteiger partial charge is 0.332 e. The first kappa shape index (κ1) is 17.2. The Morgan fingerprint density at radius 3 is 2.63 bits per heavy atom. The van der Waals surface area contributed by atoms with E-state index < -0.39 is 5.91 Å².